The number of allylic oxidation sites excluding steroid dienone is 1. The molecule has 1 aromatic rings. The molecule has 2 nitrogen and oxygen atoms in total. The first-order valence-electron chi connectivity index (χ1n) is 6.67. The standard InChI is InChI=1S/C15H18BrCl3O2/c1-11(17)5-8-20-12-9-13(18)15(14(19)10-12)21-7-4-2-3-6-16/h5,9-10H,2-4,6-8H2,1H3/b11-5-. The average molecular weight is 417 g/mol. The Morgan fingerprint density at radius 2 is 1.81 bits per heavy atom. The van der Waals surface area contributed by atoms with E-state index in [0.29, 0.717) is 39.8 Å². The van der Waals surface area contributed by atoms with E-state index in [1.165, 1.54) is 0 Å². The fourth-order valence-corrected chi connectivity index (χ4v) is 2.59. The number of unbranched alkanes of at least 4 members (excludes halogenated alkanes) is 2. The highest BCUT2D eigenvalue weighted by Gasteiger charge is 2.10. The lowest BCUT2D eigenvalue weighted by Gasteiger charge is -2.12. The summed E-state index contributed by atoms with van der Waals surface area (Å²) in [6.45, 7) is 2.76. The third-order valence-electron chi connectivity index (χ3n) is 2.61. The molecular weight excluding hydrogens is 398 g/mol. The molecule has 0 unspecified atom stereocenters. The maximum atomic E-state index is 6.18. The number of ether oxygens (including phenoxy) is 2. The summed E-state index contributed by atoms with van der Waals surface area (Å²) in [6, 6.07) is 3.39. The zero-order valence-electron chi connectivity index (χ0n) is 11.8. The summed E-state index contributed by atoms with van der Waals surface area (Å²) in [5.74, 6) is 1.10. The van der Waals surface area contributed by atoms with Crippen LogP contribution in [0.2, 0.25) is 10.0 Å². The fraction of sp³-hybridized carbons (Fsp3) is 0.467. The molecule has 1 aromatic carbocycles. The van der Waals surface area contributed by atoms with Gasteiger partial charge < -0.3 is 9.47 Å². The van der Waals surface area contributed by atoms with Gasteiger partial charge >= 0.3 is 0 Å². The Balaban J connectivity index is 2.56. The molecule has 21 heavy (non-hydrogen) atoms. The largest absolute Gasteiger partial charge is 0.490 e. The second-order valence-corrected chi connectivity index (χ2v) is 6.62. The number of halogens is 4. The van der Waals surface area contributed by atoms with E-state index >= 15 is 0 Å². The van der Waals surface area contributed by atoms with Gasteiger partial charge in [-0.2, -0.15) is 0 Å². The zero-order chi connectivity index (χ0) is 15.7. The molecule has 0 spiro atoms. The minimum Gasteiger partial charge on any atom is -0.490 e. The highest BCUT2D eigenvalue weighted by molar-refractivity contribution is 9.09. The van der Waals surface area contributed by atoms with Crippen LogP contribution in [0.3, 0.4) is 0 Å². The summed E-state index contributed by atoms with van der Waals surface area (Å²) in [7, 11) is 0. The van der Waals surface area contributed by atoms with Crippen LogP contribution in [-0.2, 0) is 0 Å². The van der Waals surface area contributed by atoms with Gasteiger partial charge in [0.25, 0.3) is 0 Å². The van der Waals surface area contributed by atoms with Crippen LogP contribution in [0.1, 0.15) is 26.2 Å². The van der Waals surface area contributed by atoms with E-state index in [4.69, 9.17) is 44.3 Å². The molecule has 0 bridgehead atoms. The van der Waals surface area contributed by atoms with E-state index in [9.17, 15) is 0 Å². The smallest absolute Gasteiger partial charge is 0.156 e. The van der Waals surface area contributed by atoms with Crippen molar-refractivity contribution >= 4 is 50.7 Å². The van der Waals surface area contributed by atoms with Crippen molar-refractivity contribution in [1.82, 2.24) is 0 Å². The number of hydrogen-bond donors (Lipinski definition) is 0. The lowest BCUT2D eigenvalue weighted by molar-refractivity contribution is 0.305. The van der Waals surface area contributed by atoms with Crippen LogP contribution in [0.5, 0.6) is 11.5 Å². The molecule has 0 N–H and O–H groups in total. The van der Waals surface area contributed by atoms with E-state index in [2.05, 4.69) is 15.9 Å². The van der Waals surface area contributed by atoms with Crippen molar-refractivity contribution in [3.63, 3.8) is 0 Å². The average Bonchev–Trinajstić information content (AvgIpc) is 2.40. The monoisotopic (exact) mass is 414 g/mol. The van der Waals surface area contributed by atoms with Gasteiger partial charge in [-0.05, 0) is 32.3 Å². The van der Waals surface area contributed by atoms with Crippen molar-refractivity contribution < 1.29 is 9.47 Å². The van der Waals surface area contributed by atoms with Gasteiger partial charge in [-0.15, -0.1) is 0 Å². The maximum absolute atomic E-state index is 6.18. The molecule has 1 rings (SSSR count). The van der Waals surface area contributed by atoms with Crippen LogP contribution in [0.25, 0.3) is 0 Å². The first-order valence-corrected chi connectivity index (χ1v) is 8.93. The Bertz CT molecular complexity index is 451. The minimum absolute atomic E-state index is 0.370. The van der Waals surface area contributed by atoms with Crippen molar-refractivity contribution in [2.45, 2.75) is 26.2 Å². The van der Waals surface area contributed by atoms with Gasteiger partial charge in [0.2, 0.25) is 0 Å². The molecule has 0 aromatic heterocycles. The first kappa shape index (κ1) is 19.0. The summed E-state index contributed by atoms with van der Waals surface area (Å²) in [6.07, 6.45) is 4.96. The number of hydrogen-bond acceptors (Lipinski definition) is 2. The van der Waals surface area contributed by atoms with E-state index in [1.54, 1.807) is 25.1 Å². The second kappa shape index (κ2) is 10.6. The van der Waals surface area contributed by atoms with Gasteiger partial charge in [-0.25, -0.2) is 0 Å². The van der Waals surface area contributed by atoms with Gasteiger partial charge in [-0.1, -0.05) is 50.7 Å². The van der Waals surface area contributed by atoms with Crippen LogP contribution >= 0.6 is 50.7 Å². The highest BCUT2D eigenvalue weighted by Crippen LogP contribution is 2.37. The normalized spacial score (nSPS) is 11.6. The number of rotatable bonds is 9. The molecule has 0 fully saturated rings. The van der Waals surface area contributed by atoms with Crippen LogP contribution in [-0.4, -0.2) is 18.5 Å². The first-order chi connectivity index (χ1) is 10.0. The van der Waals surface area contributed by atoms with Crippen LogP contribution in [0.4, 0.5) is 0 Å². The Kier molecular flexibility index (Phi) is 9.57. The molecule has 118 valence electrons. The second-order valence-electron chi connectivity index (χ2n) is 4.42. The van der Waals surface area contributed by atoms with Crippen molar-refractivity contribution in [2.24, 2.45) is 0 Å². The summed E-state index contributed by atoms with van der Waals surface area (Å²) in [4.78, 5) is 0. The Labute approximate surface area is 149 Å². The van der Waals surface area contributed by atoms with Gasteiger partial charge in [0.1, 0.15) is 12.4 Å². The molecule has 0 heterocycles. The summed E-state index contributed by atoms with van der Waals surface area (Å²) in [5.41, 5.74) is 0. The quantitative estimate of drug-likeness (QED) is 0.340. The third-order valence-corrected chi connectivity index (χ3v) is 3.89. The Hall–Kier alpha value is -0.0900. The van der Waals surface area contributed by atoms with E-state index in [1.807, 2.05) is 0 Å². The molecular formula is C15H18BrCl3O2. The lowest BCUT2D eigenvalue weighted by atomic mass is 10.2. The molecule has 0 aliphatic rings. The van der Waals surface area contributed by atoms with Crippen molar-refractivity contribution in [1.29, 1.82) is 0 Å². The number of benzene rings is 1. The molecule has 0 radical (unpaired) electrons. The van der Waals surface area contributed by atoms with Crippen molar-refractivity contribution in [3.05, 3.63) is 33.3 Å². The van der Waals surface area contributed by atoms with Crippen LogP contribution in [0.15, 0.2) is 23.2 Å². The summed E-state index contributed by atoms with van der Waals surface area (Å²) >= 11 is 21.5. The van der Waals surface area contributed by atoms with Gasteiger partial charge in [0.05, 0.1) is 16.7 Å². The topological polar surface area (TPSA) is 18.5 Å². The van der Waals surface area contributed by atoms with E-state index in [-0.39, 0.29) is 0 Å². The molecule has 0 amide bonds. The van der Waals surface area contributed by atoms with Gasteiger partial charge in [-0.3, -0.25) is 0 Å². The Morgan fingerprint density at radius 3 is 2.38 bits per heavy atom. The van der Waals surface area contributed by atoms with Crippen molar-refractivity contribution in [3.8, 4) is 11.5 Å². The maximum Gasteiger partial charge on any atom is 0.156 e. The van der Waals surface area contributed by atoms with Gasteiger partial charge in [0, 0.05) is 22.5 Å². The summed E-state index contributed by atoms with van der Waals surface area (Å²) < 4.78 is 11.1. The van der Waals surface area contributed by atoms with Crippen molar-refractivity contribution in [2.75, 3.05) is 18.5 Å². The third kappa shape index (κ3) is 7.64. The molecule has 6 heteroatoms. The summed E-state index contributed by atoms with van der Waals surface area (Å²) in [5, 5.41) is 2.58. The highest BCUT2D eigenvalue weighted by atomic mass is 79.9. The molecule has 0 saturated heterocycles. The predicted molar refractivity (Wildman–Crippen MR) is 94.7 cm³/mol. The predicted octanol–water partition coefficient (Wildman–Crippen LogP) is 6.46. The van der Waals surface area contributed by atoms with Crippen LogP contribution in [0, 0.1) is 0 Å². The van der Waals surface area contributed by atoms with E-state index in [0.717, 1.165) is 24.6 Å². The molecule has 0 atom stereocenters. The minimum atomic E-state index is 0.370. The van der Waals surface area contributed by atoms with Crippen LogP contribution < -0.4 is 9.47 Å². The molecule has 0 aliphatic heterocycles. The lowest BCUT2D eigenvalue weighted by Crippen LogP contribution is -2.00. The Morgan fingerprint density at radius 1 is 1.14 bits per heavy atom. The zero-order valence-corrected chi connectivity index (χ0v) is 15.7. The molecule has 0 saturated carbocycles. The molecule has 0 aliphatic carbocycles. The fourth-order valence-electron chi connectivity index (χ4n) is 1.56. The van der Waals surface area contributed by atoms with E-state index < -0.39 is 0 Å². The SMILES string of the molecule is C/C(Cl)=C/COc1cc(Cl)c(OCCCCCBr)c(Cl)c1. The number of alkyl halides is 1. The van der Waals surface area contributed by atoms with Gasteiger partial charge in [0.15, 0.2) is 5.75 Å².